The fourth-order valence-electron chi connectivity index (χ4n) is 3.88. The van der Waals surface area contributed by atoms with E-state index in [1.807, 2.05) is 45.9 Å². The lowest BCUT2D eigenvalue weighted by Crippen LogP contribution is -2.28. The van der Waals surface area contributed by atoms with Crippen LogP contribution in [0, 0.1) is 44.9 Å². The molecule has 2 heterocycles. The van der Waals surface area contributed by atoms with Crippen LogP contribution in [-0.4, -0.2) is 15.5 Å². The Morgan fingerprint density at radius 2 is 1.86 bits per heavy atom. The number of benzene rings is 1. The molecule has 0 fully saturated rings. The Labute approximate surface area is 169 Å². The van der Waals surface area contributed by atoms with Crippen molar-refractivity contribution in [2.24, 2.45) is 5.92 Å². The highest BCUT2D eigenvalue weighted by Crippen LogP contribution is 2.33. The number of aromatic nitrogens is 1. The normalized spacial score (nSPS) is 11.2. The second-order valence-corrected chi connectivity index (χ2v) is 7.96. The number of nitriles is 1. The molecular formula is C23H24N2O4. The molecule has 3 rings (SSSR count). The summed E-state index contributed by atoms with van der Waals surface area (Å²) in [5, 5.41) is 21.1. The summed E-state index contributed by atoms with van der Waals surface area (Å²) in [7, 11) is 0. The molecule has 0 aliphatic rings. The van der Waals surface area contributed by atoms with Crippen molar-refractivity contribution in [1.82, 2.24) is 4.57 Å². The molecule has 2 aromatic heterocycles. The van der Waals surface area contributed by atoms with Crippen LogP contribution in [0.5, 0.6) is 5.88 Å². The van der Waals surface area contributed by atoms with Crippen LogP contribution < -0.4 is 5.56 Å². The highest BCUT2D eigenvalue weighted by molar-refractivity contribution is 6.13. The number of furan rings is 1. The van der Waals surface area contributed by atoms with Gasteiger partial charge in [0.25, 0.3) is 5.56 Å². The maximum atomic E-state index is 13.4. The number of hydrogen-bond donors (Lipinski definition) is 1. The fraction of sp³-hybridized carbons (Fsp3) is 0.348. The molecule has 6 nitrogen and oxygen atoms in total. The molecule has 0 radical (unpaired) electrons. The number of aryl methyl sites for hydroxylation is 3. The number of aromatic hydroxyl groups is 1. The first-order valence-corrected chi connectivity index (χ1v) is 9.49. The van der Waals surface area contributed by atoms with Crippen molar-refractivity contribution in [2.45, 2.75) is 48.1 Å². The average molecular weight is 392 g/mol. The van der Waals surface area contributed by atoms with Crippen molar-refractivity contribution in [2.75, 3.05) is 0 Å². The van der Waals surface area contributed by atoms with Crippen LogP contribution in [0.25, 0.3) is 11.0 Å². The first-order chi connectivity index (χ1) is 13.6. The van der Waals surface area contributed by atoms with Gasteiger partial charge in [-0.1, -0.05) is 19.9 Å². The minimum atomic E-state index is -0.597. The number of fused-ring (bicyclic) bond motifs is 1. The lowest BCUT2D eigenvalue weighted by molar-refractivity contribution is 0.100. The molecule has 29 heavy (non-hydrogen) atoms. The molecule has 1 N–H and O–H groups in total. The number of nitrogens with zero attached hydrogens (tertiary/aromatic N) is 2. The third kappa shape index (κ3) is 3.23. The van der Waals surface area contributed by atoms with E-state index in [1.54, 1.807) is 6.92 Å². The Hall–Kier alpha value is -3.33. The largest absolute Gasteiger partial charge is 0.494 e. The van der Waals surface area contributed by atoms with Gasteiger partial charge in [-0.15, -0.1) is 0 Å². The zero-order valence-corrected chi connectivity index (χ0v) is 17.5. The number of hydrogen-bond acceptors (Lipinski definition) is 5. The van der Waals surface area contributed by atoms with E-state index >= 15 is 0 Å². The van der Waals surface area contributed by atoms with Crippen molar-refractivity contribution in [3.8, 4) is 11.9 Å². The lowest BCUT2D eigenvalue weighted by atomic mass is 9.97. The first kappa shape index (κ1) is 20.4. The van der Waals surface area contributed by atoms with Crippen LogP contribution in [-0.2, 0) is 6.54 Å². The summed E-state index contributed by atoms with van der Waals surface area (Å²) < 4.78 is 6.97. The molecule has 0 saturated carbocycles. The highest BCUT2D eigenvalue weighted by atomic mass is 16.3. The third-order valence-corrected chi connectivity index (χ3v) is 5.15. The molecule has 6 heteroatoms. The molecule has 0 atom stereocenters. The van der Waals surface area contributed by atoms with Gasteiger partial charge < -0.3 is 9.52 Å². The van der Waals surface area contributed by atoms with Gasteiger partial charge in [-0.2, -0.15) is 5.26 Å². The van der Waals surface area contributed by atoms with E-state index in [0.29, 0.717) is 11.1 Å². The highest BCUT2D eigenvalue weighted by Gasteiger charge is 2.29. The van der Waals surface area contributed by atoms with Gasteiger partial charge in [-0.05, 0) is 56.4 Å². The van der Waals surface area contributed by atoms with Crippen LogP contribution in [0.2, 0.25) is 0 Å². The van der Waals surface area contributed by atoms with Crippen molar-refractivity contribution in [3.05, 3.63) is 61.6 Å². The molecule has 1 aromatic carbocycles. The van der Waals surface area contributed by atoms with Gasteiger partial charge in [0, 0.05) is 17.5 Å². The Kier molecular flexibility index (Phi) is 5.10. The Bertz CT molecular complexity index is 1250. The van der Waals surface area contributed by atoms with Gasteiger partial charge in [0.1, 0.15) is 17.2 Å². The van der Waals surface area contributed by atoms with Gasteiger partial charge in [-0.3, -0.25) is 14.2 Å². The van der Waals surface area contributed by atoms with E-state index in [0.717, 1.165) is 21.1 Å². The van der Waals surface area contributed by atoms with Crippen molar-refractivity contribution < 1.29 is 14.3 Å². The Morgan fingerprint density at radius 3 is 2.45 bits per heavy atom. The van der Waals surface area contributed by atoms with E-state index in [-0.39, 0.29) is 34.9 Å². The quantitative estimate of drug-likeness (QED) is 0.668. The zero-order valence-electron chi connectivity index (χ0n) is 17.5. The van der Waals surface area contributed by atoms with Crippen LogP contribution in [0.1, 0.15) is 57.8 Å². The molecule has 0 aliphatic carbocycles. The monoisotopic (exact) mass is 392 g/mol. The standard InChI is InChI=1S/C23H24N2O4/c1-11(2)10-25-22(27)16(9-24)14(5)19(23(25)28)20(26)21-15(6)18-13(4)7-12(3)8-17(18)29-21/h7-8,11,28H,10H2,1-6H3. The van der Waals surface area contributed by atoms with E-state index in [2.05, 4.69) is 0 Å². The van der Waals surface area contributed by atoms with E-state index < -0.39 is 17.2 Å². The van der Waals surface area contributed by atoms with Crippen LogP contribution in [0.15, 0.2) is 21.3 Å². The Morgan fingerprint density at radius 1 is 1.21 bits per heavy atom. The van der Waals surface area contributed by atoms with E-state index in [4.69, 9.17) is 4.42 Å². The van der Waals surface area contributed by atoms with Gasteiger partial charge in [0.15, 0.2) is 5.76 Å². The Balaban J connectivity index is 2.32. The predicted molar refractivity (Wildman–Crippen MR) is 111 cm³/mol. The molecule has 0 spiro atoms. The molecule has 150 valence electrons. The maximum absolute atomic E-state index is 13.4. The summed E-state index contributed by atoms with van der Waals surface area (Å²) in [5.74, 6) is -0.835. The van der Waals surface area contributed by atoms with Crippen LogP contribution in [0.4, 0.5) is 0 Å². The third-order valence-electron chi connectivity index (χ3n) is 5.15. The summed E-state index contributed by atoms with van der Waals surface area (Å²) in [6.07, 6.45) is 0. The molecular weight excluding hydrogens is 368 g/mol. The number of rotatable bonds is 4. The number of carbonyl (C=O) groups is 1. The molecule has 0 unspecified atom stereocenters. The average Bonchev–Trinajstić information content (AvgIpc) is 2.95. The minimum Gasteiger partial charge on any atom is -0.494 e. The minimum absolute atomic E-state index is 0.0364. The fourth-order valence-corrected chi connectivity index (χ4v) is 3.88. The van der Waals surface area contributed by atoms with Crippen molar-refractivity contribution >= 4 is 16.8 Å². The number of carbonyl (C=O) groups excluding carboxylic acids is 1. The molecule has 3 aromatic rings. The topological polar surface area (TPSA) is 96.2 Å². The van der Waals surface area contributed by atoms with Gasteiger partial charge in [0.2, 0.25) is 11.7 Å². The summed E-state index contributed by atoms with van der Waals surface area (Å²) in [5.41, 5.74) is 2.61. The van der Waals surface area contributed by atoms with E-state index in [9.17, 15) is 20.0 Å². The van der Waals surface area contributed by atoms with E-state index in [1.165, 1.54) is 6.92 Å². The summed E-state index contributed by atoms with van der Waals surface area (Å²) >= 11 is 0. The zero-order chi connectivity index (χ0) is 21.6. The summed E-state index contributed by atoms with van der Waals surface area (Å²) in [6, 6.07) is 5.75. The molecule has 0 saturated heterocycles. The van der Waals surface area contributed by atoms with Crippen molar-refractivity contribution in [3.63, 3.8) is 0 Å². The van der Waals surface area contributed by atoms with Gasteiger partial charge in [0.05, 0.1) is 5.56 Å². The van der Waals surface area contributed by atoms with Crippen molar-refractivity contribution in [1.29, 1.82) is 5.26 Å². The summed E-state index contributed by atoms with van der Waals surface area (Å²) in [6.45, 7) is 11.1. The predicted octanol–water partition coefficient (Wildman–Crippen LogP) is 4.29. The van der Waals surface area contributed by atoms with Gasteiger partial charge >= 0.3 is 0 Å². The summed E-state index contributed by atoms with van der Waals surface area (Å²) in [4.78, 5) is 26.0. The molecule has 0 bridgehead atoms. The smallest absolute Gasteiger partial charge is 0.271 e. The lowest BCUT2D eigenvalue weighted by Gasteiger charge is -2.16. The first-order valence-electron chi connectivity index (χ1n) is 9.49. The maximum Gasteiger partial charge on any atom is 0.271 e. The molecule has 0 amide bonds. The second-order valence-electron chi connectivity index (χ2n) is 7.96. The van der Waals surface area contributed by atoms with Crippen LogP contribution >= 0.6 is 0 Å². The van der Waals surface area contributed by atoms with Crippen LogP contribution in [0.3, 0.4) is 0 Å². The SMILES string of the molecule is Cc1cc(C)c2c(C)c(C(=O)c3c(C)c(C#N)c(=O)n(CC(C)C)c3O)oc2c1. The number of pyridine rings is 1. The number of ketones is 1. The second kappa shape index (κ2) is 7.25. The van der Waals surface area contributed by atoms with Gasteiger partial charge in [-0.25, -0.2) is 0 Å². The molecule has 0 aliphatic heterocycles.